The van der Waals surface area contributed by atoms with Crippen LogP contribution in [-0.4, -0.2) is 21.0 Å². The molecule has 0 atom stereocenters. The molecule has 0 saturated heterocycles. The van der Waals surface area contributed by atoms with Gasteiger partial charge < -0.3 is 9.84 Å². The fourth-order valence-corrected chi connectivity index (χ4v) is 2.02. The fourth-order valence-electron chi connectivity index (χ4n) is 2.02. The molecule has 0 bridgehead atoms. The van der Waals surface area contributed by atoms with Crippen molar-refractivity contribution in [2.75, 3.05) is 0 Å². The Hall–Kier alpha value is -2.43. The lowest BCUT2D eigenvalue weighted by Crippen LogP contribution is -2.06. The molecule has 1 N–H and O–H groups in total. The predicted octanol–water partition coefficient (Wildman–Crippen LogP) is 2.63. The molecule has 2 heterocycles. The summed E-state index contributed by atoms with van der Waals surface area (Å²) >= 11 is 0. The van der Waals surface area contributed by atoms with Gasteiger partial charge in [0.05, 0.1) is 5.69 Å². The Balaban J connectivity index is 1.82. The molecule has 3 rings (SSSR count). The van der Waals surface area contributed by atoms with Crippen LogP contribution in [0.25, 0.3) is 0 Å². The lowest BCUT2D eigenvalue weighted by molar-refractivity contribution is 0.0689. The van der Waals surface area contributed by atoms with Gasteiger partial charge >= 0.3 is 5.97 Å². The van der Waals surface area contributed by atoms with E-state index in [-0.39, 0.29) is 12.3 Å². The molecule has 2 aromatic rings. The molecule has 0 aromatic carbocycles. The van der Waals surface area contributed by atoms with E-state index in [0.29, 0.717) is 11.8 Å². The Bertz CT molecular complexity index is 624. The number of carbonyl (C=O) groups is 1. The van der Waals surface area contributed by atoms with Crippen LogP contribution in [0.5, 0.6) is 5.88 Å². The number of ether oxygens (including phenoxy) is 1. The third-order valence-corrected chi connectivity index (χ3v) is 3.21. The lowest BCUT2D eigenvalue weighted by atomic mass is 10.1. The third-order valence-electron chi connectivity index (χ3n) is 3.21. The minimum absolute atomic E-state index is 0.00502. The van der Waals surface area contributed by atoms with Crippen LogP contribution in [-0.2, 0) is 6.61 Å². The van der Waals surface area contributed by atoms with Gasteiger partial charge in [-0.1, -0.05) is 12.1 Å². The van der Waals surface area contributed by atoms with Gasteiger partial charge in [-0.05, 0) is 37.0 Å². The number of hydrogen-bond donors (Lipinski definition) is 1. The van der Waals surface area contributed by atoms with Crippen molar-refractivity contribution in [1.29, 1.82) is 0 Å². The molecule has 1 fully saturated rings. The van der Waals surface area contributed by atoms with Gasteiger partial charge in [0.1, 0.15) is 6.61 Å². The Morgan fingerprint density at radius 3 is 2.80 bits per heavy atom. The number of aromatic carboxylic acids is 1. The van der Waals surface area contributed by atoms with Crippen LogP contribution in [0.4, 0.5) is 0 Å². The Labute approximate surface area is 116 Å². The van der Waals surface area contributed by atoms with E-state index in [1.165, 1.54) is 6.07 Å². The average Bonchev–Trinajstić information content (AvgIpc) is 3.30. The van der Waals surface area contributed by atoms with Crippen molar-refractivity contribution in [2.24, 2.45) is 0 Å². The Morgan fingerprint density at radius 1 is 1.30 bits per heavy atom. The van der Waals surface area contributed by atoms with Gasteiger partial charge in [-0.2, -0.15) is 0 Å². The highest BCUT2D eigenvalue weighted by molar-refractivity contribution is 5.85. The van der Waals surface area contributed by atoms with Crippen LogP contribution in [0.3, 0.4) is 0 Å². The number of rotatable bonds is 5. The second-order valence-electron chi connectivity index (χ2n) is 4.78. The first kappa shape index (κ1) is 12.6. The molecule has 1 aliphatic carbocycles. The average molecular weight is 270 g/mol. The summed E-state index contributed by atoms with van der Waals surface area (Å²) in [4.78, 5) is 19.3. The van der Waals surface area contributed by atoms with Crippen molar-refractivity contribution in [3.8, 4) is 5.88 Å². The van der Waals surface area contributed by atoms with Crippen molar-refractivity contribution in [3.05, 3.63) is 53.5 Å². The Morgan fingerprint density at radius 2 is 2.15 bits per heavy atom. The molecule has 5 nitrogen and oxygen atoms in total. The molecule has 1 aliphatic rings. The van der Waals surface area contributed by atoms with E-state index in [2.05, 4.69) is 9.97 Å². The summed E-state index contributed by atoms with van der Waals surface area (Å²) in [6.45, 7) is 0.288. The molecule has 0 spiro atoms. The summed E-state index contributed by atoms with van der Waals surface area (Å²) in [6, 6.07) is 8.92. The standard InChI is InChI=1S/C15H14N2O3/c18-15(19)13-7-6-12(10-4-5-10)14(17-13)20-9-11-3-1-2-8-16-11/h1-3,6-8,10H,4-5,9H2,(H,18,19). The maximum Gasteiger partial charge on any atom is 0.354 e. The van der Waals surface area contributed by atoms with Gasteiger partial charge in [0, 0.05) is 11.8 Å². The number of carboxylic acids is 1. The summed E-state index contributed by atoms with van der Waals surface area (Å²) in [5.74, 6) is -0.183. The molecule has 5 heteroatoms. The van der Waals surface area contributed by atoms with Gasteiger partial charge in [0.25, 0.3) is 0 Å². The van der Waals surface area contributed by atoms with Gasteiger partial charge in [-0.3, -0.25) is 4.98 Å². The molecule has 0 unspecified atom stereocenters. The molecule has 102 valence electrons. The fraction of sp³-hybridized carbons (Fsp3) is 0.267. The van der Waals surface area contributed by atoms with Crippen molar-refractivity contribution < 1.29 is 14.6 Å². The zero-order valence-electron chi connectivity index (χ0n) is 10.8. The van der Waals surface area contributed by atoms with E-state index in [9.17, 15) is 4.79 Å². The quantitative estimate of drug-likeness (QED) is 0.904. The number of aromatic nitrogens is 2. The SMILES string of the molecule is O=C(O)c1ccc(C2CC2)c(OCc2ccccn2)n1. The van der Waals surface area contributed by atoms with E-state index in [4.69, 9.17) is 9.84 Å². The first-order chi connectivity index (χ1) is 9.74. The van der Waals surface area contributed by atoms with E-state index < -0.39 is 5.97 Å². The van der Waals surface area contributed by atoms with Gasteiger partial charge in [-0.25, -0.2) is 9.78 Å². The smallest absolute Gasteiger partial charge is 0.354 e. The lowest BCUT2D eigenvalue weighted by Gasteiger charge is -2.10. The van der Waals surface area contributed by atoms with Crippen LogP contribution >= 0.6 is 0 Å². The minimum atomic E-state index is -1.05. The highest BCUT2D eigenvalue weighted by atomic mass is 16.5. The van der Waals surface area contributed by atoms with Crippen molar-refractivity contribution in [2.45, 2.75) is 25.4 Å². The highest BCUT2D eigenvalue weighted by Crippen LogP contribution is 2.43. The molecule has 2 aromatic heterocycles. The predicted molar refractivity (Wildman–Crippen MR) is 71.7 cm³/mol. The maximum atomic E-state index is 11.0. The third kappa shape index (κ3) is 2.77. The monoisotopic (exact) mass is 270 g/mol. The van der Waals surface area contributed by atoms with Crippen LogP contribution in [0.1, 0.15) is 40.5 Å². The van der Waals surface area contributed by atoms with E-state index in [0.717, 1.165) is 24.1 Å². The summed E-state index contributed by atoms with van der Waals surface area (Å²) in [7, 11) is 0. The molecule has 0 aliphatic heterocycles. The summed E-state index contributed by atoms with van der Waals surface area (Å²) in [5.41, 5.74) is 1.79. The Kier molecular flexibility index (Phi) is 3.33. The maximum absolute atomic E-state index is 11.0. The first-order valence-electron chi connectivity index (χ1n) is 6.51. The number of pyridine rings is 2. The van der Waals surface area contributed by atoms with Gasteiger partial charge in [0.15, 0.2) is 5.69 Å². The van der Waals surface area contributed by atoms with Crippen LogP contribution < -0.4 is 4.74 Å². The number of hydrogen-bond acceptors (Lipinski definition) is 4. The minimum Gasteiger partial charge on any atom is -0.477 e. The first-order valence-corrected chi connectivity index (χ1v) is 6.51. The van der Waals surface area contributed by atoms with Gasteiger partial charge in [0.2, 0.25) is 5.88 Å². The topological polar surface area (TPSA) is 72.3 Å². The van der Waals surface area contributed by atoms with E-state index in [1.807, 2.05) is 24.3 Å². The summed E-state index contributed by atoms with van der Waals surface area (Å²) in [6.07, 6.45) is 3.91. The number of carboxylic acid groups (broad SMARTS) is 1. The molecule has 0 amide bonds. The van der Waals surface area contributed by atoms with Crippen molar-refractivity contribution >= 4 is 5.97 Å². The van der Waals surface area contributed by atoms with Crippen LogP contribution in [0.15, 0.2) is 36.5 Å². The molecule has 20 heavy (non-hydrogen) atoms. The molecule has 0 radical (unpaired) electrons. The highest BCUT2D eigenvalue weighted by Gasteiger charge is 2.28. The zero-order chi connectivity index (χ0) is 13.9. The number of nitrogens with zero attached hydrogens (tertiary/aromatic N) is 2. The molecular formula is C15H14N2O3. The van der Waals surface area contributed by atoms with E-state index in [1.54, 1.807) is 6.20 Å². The molecule has 1 saturated carbocycles. The zero-order valence-corrected chi connectivity index (χ0v) is 10.8. The second kappa shape index (κ2) is 5.28. The van der Waals surface area contributed by atoms with Crippen LogP contribution in [0, 0.1) is 0 Å². The van der Waals surface area contributed by atoms with Crippen LogP contribution in [0.2, 0.25) is 0 Å². The normalized spacial score (nSPS) is 14.0. The largest absolute Gasteiger partial charge is 0.477 e. The molecular weight excluding hydrogens is 256 g/mol. The summed E-state index contributed by atoms with van der Waals surface area (Å²) < 4.78 is 5.68. The van der Waals surface area contributed by atoms with E-state index >= 15 is 0 Å². The summed E-state index contributed by atoms with van der Waals surface area (Å²) in [5, 5.41) is 9.01. The second-order valence-corrected chi connectivity index (χ2v) is 4.78. The van der Waals surface area contributed by atoms with Crippen molar-refractivity contribution in [3.63, 3.8) is 0 Å². The van der Waals surface area contributed by atoms with Gasteiger partial charge in [-0.15, -0.1) is 0 Å². The van der Waals surface area contributed by atoms with Crippen molar-refractivity contribution in [1.82, 2.24) is 9.97 Å².